The van der Waals surface area contributed by atoms with E-state index in [0.717, 1.165) is 0 Å². The van der Waals surface area contributed by atoms with E-state index in [1.165, 1.54) is 4.90 Å². The Kier molecular flexibility index (Phi) is 6.84. The summed E-state index contributed by atoms with van der Waals surface area (Å²) in [7, 11) is 0. The van der Waals surface area contributed by atoms with Crippen molar-refractivity contribution in [3.8, 4) is 5.75 Å². The minimum absolute atomic E-state index is 0.336. The van der Waals surface area contributed by atoms with Crippen LogP contribution in [0.3, 0.4) is 0 Å². The summed E-state index contributed by atoms with van der Waals surface area (Å²) < 4.78 is 42.0. The number of carbonyl (C=O) groups excluding carboxylic acids is 2. The van der Waals surface area contributed by atoms with Gasteiger partial charge >= 0.3 is 12.3 Å². The van der Waals surface area contributed by atoms with Crippen molar-refractivity contribution in [3.05, 3.63) is 30.3 Å². The van der Waals surface area contributed by atoms with E-state index in [-0.39, 0.29) is 0 Å². The molecule has 1 N–H and O–H groups in total. The maximum atomic E-state index is 12.2. The fraction of sp³-hybridized carbons (Fsp3) is 0.529. The molecule has 0 saturated carbocycles. The van der Waals surface area contributed by atoms with E-state index in [1.807, 2.05) is 11.4 Å². The molecule has 1 saturated heterocycles. The summed E-state index contributed by atoms with van der Waals surface area (Å²) in [5.41, 5.74) is 0. The average molecular weight is 373 g/mol. The average Bonchev–Trinajstić information content (AvgIpc) is 2.85. The number of nitrogens with zero attached hydrogens (tertiary/aromatic N) is 2. The molecule has 144 valence electrons. The van der Waals surface area contributed by atoms with E-state index in [2.05, 4.69) is 0 Å². The Bertz CT molecular complexity index is 610. The molecule has 1 heterocycles. The molecule has 2 rings (SSSR count). The highest BCUT2D eigenvalue weighted by Crippen LogP contribution is 2.14. The number of benzene rings is 1. The highest BCUT2D eigenvalue weighted by atomic mass is 19.4. The SMILES string of the molecule is CC(C(=O)NCC(F)(F)F)N1CCCN(C(=O)Oc2ccccc2)CC1. The molecule has 1 aliphatic heterocycles. The smallest absolute Gasteiger partial charge is 0.410 e. The lowest BCUT2D eigenvalue weighted by molar-refractivity contribution is -0.141. The van der Waals surface area contributed by atoms with Gasteiger partial charge in [-0.25, -0.2) is 4.79 Å². The molecule has 2 amide bonds. The standard InChI is InChI=1S/C17H22F3N3O3/c1-13(15(24)21-12-17(18,19)20)22-8-5-9-23(11-10-22)16(25)26-14-6-3-2-4-7-14/h2-4,6-7,13H,5,8-12H2,1H3,(H,21,24). The number of hydrogen-bond donors (Lipinski definition) is 1. The van der Waals surface area contributed by atoms with Gasteiger partial charge in [-0.15, -0.1) is 0 Å². The molecule has 0 aliphatic carbocycles. The van der Waals surface area contributed by atoms with E-state index in [1.54, 1.807) is 36.1 Å². The highest BCUT2D eigenvalue weighted by Gasteiger charge is 2.31. The second-order valence-corrected chi connectivity index (χ2v) is 6.07. The first-order valence-electron chi connectivity index (χ1n) is 8.36. The lowest BCUT2D eigenvalue weighted by atomic mass is 10.2. The summed E-state index contributed by atoms with van der Waals surface area (Å²) in [6, 6.07) is 7.97. The van der Waals surface area contributed by atoms with Crippen LogP contribution >= 0.6 is 0 Å². The van der Waals surface area contributed by atoms with Crippen LogP contribution < -0.4 is 10.1 Å². The molecule has 26 heavy (non-hydrogen) atoms. The topological polar surface area (TPSA) is 61.9 Å². The van der Waals surface area contributed by atoms with Crippen LogP contribution in [-0.2, 0) is 4.79 Å². The largest absolute Gasteiger partial charge is 0.415 e. The zero-order valence-electron chi connectivity index (χ0n) is 14.5. The van der Waals surface area contributed by atoms with Gasteiger partial charge in [-0.2, -0.15) is 13.2 Å². The molecule has 1 fully saturated rings. The molecule has 1 atom stereocenters. The summed E-state index contributed by atoms with van der Waals surface area (Å²) >= 11 is 0. The number of halogens is 3. The van der Waals surface area contributed by atoms with Gasteiger partial charge in [-0.05, 0) is 25.5 Å². The Hall–Kier alpha value is -2.29. The van der Waals surface area contributed by atoms with E-state index < -0.39 is 30.8 Å². The summed E-state index contributed by atoms with van der Waals surface area (Å²) in [6.07, 6.45) is -4.32. The Morgan fingerprint density at radius 1 is 1.15 bits per heavy atom. The van der Waals surface area contributed by atoms with Crippen LogP contribution in [0.25, 0.3) is 0 Å². The molecule has 0 radical (unpaired) electrons. The second kappa shape index (κ2) is 8.88. The molecule has 1 aromatic rings. The molecule has 9 heteroatoms. The van der Waals surface area contributed by atoms with Crippen LogP contribution in [0, 0.1) is 0 Å². The zero-order chi connectivity index (χ0) is 19.2. The van der Waals surface area contributed by atoms with Crippen LogP contribution in [-0.4, -0.2) is 66.7 Å². The first-order valence-corrected chi connectivity index (χ1v) is 8.36. The van der Waals surface area contributed by atoms with Gasteiger partial charge in [0.25, 0.3) is 0 Å². The van der Waals surface area contributed by atoms with Crippen LogP contribution in [0.2, 0.25) is 0 Å². The van der Waals surface area contributed by atoms with Gasteiger partial charge in [0.15, 0.2) is 0 Å². The number of ether oxygens (including phenoxy) is 1. The number of carbonyl (C=O) groups is 2. The molecule has 1 unspecified atom stereocenters. The maximum absolute atomic E-state index is 12.2. The van der Waals surface area contributed by atoms with Crippen LogP contribution in [0.1, 0.15) is 13.3 Å². The third kappa shape index (κ3) is 6.21. The summed E-state index contributed by atoms with van der Waals surface area (Å²) in [6.45, 7) is 1.89. The van der Waals surface area contributed by atoms with Crippen molar-refractivity contribution in [2.24, 2.45) is 0 Å². The normalized spacial score (nSPS) is 17.3. The minimum atomic E-state index is -4.44. The first-order chi connectivity index (χ1) is 12.3. The molecule has 6 nitrogen and oxygen atoms in total. The monoisotopic (exact) mass is 373 g/mol. The van der Waals surface area contributed by atoms with Gasteiger partial charge in [-0.1, -0.05) is 18.2 Å². The number of alkyl halides is 3. The number of amides is 2. The van der Waals surface area contributed by atoms with E-state index in [9.17, 15) is 22.8 Å². The minimum Gasteiger partial charge on any atom is -0.410 e. The van der Waals surface area contributed by atoms with Crippen molar-refractivity contribution in [2.75, 3.05) is 32.7 Å². The van der Waals surface area contributed by atoms with Gasteiger partial charge in [0.2, 0.25) is 5.91 Å². The van der Waals surface area contributed by atoms with Crippen LogP contribution in [0.4, 0.5) is 18.0 Å². The van der Waals surface area contributed by atoms with Crippen LogP contribution in [0.5, 0.6) is 5.75 Å². The number of nitrogens with one attached hydrogen (secondary N) is 1. The number of para-hydroxylation sites is 1. The second-order valence-electron chi connectivity index (χ2n) is 6.07. The van der Waals surface area contributed by atoms with Crippen molar-refractivity contribution < 1.29 is 27.5 Å². The zero-order valence-corrected chi connectivity index (χ0v) is 14.5. The highest BCUT2D eigenvalue weighted by molar-refractivity contribution is 5.81. The molecule has 0 bridgehead atoms. The third-order valence-corrected chi connectivity index (χ3v) is 4.13. The maximum Gasteiger partial charge on any atom is 0.415 e. The Morgan fingerprint density at radius 3 is 2.50 bits per heavy atom. The lowest BCUT2D eigenvalue weighted by Crippen LogP contribution is -2.48. The quantitative estimate of drug-likeness (QED) is 0.880. The fourth-order valence-electron chi connectivity index (χ4n) is 2.66. The first kappa shape index (κ1) is 20.0. The molecular weight excluding hydrogens is 351 g/mol. The Morgan fingerprint density at radius 2 is 1.85 bits per heavy atom. The number of rotatable bonds is 4. The van der Waals surface area contributed by atoms with Crippen LogP contribution in [0.15, 0.2) is 30.3 Å². The molecule has 0 spiro atoms. The van der Waals surface area contributed by atoms with E-state index >= 15 is 0 Å². The van der Waals surface area contributed by atoms with Crippen molar-refractivity contribution >= 4 is 12.0 Å². The van der Waals surface area contributed by atoms with Gasteiger partial charge in [0.05, 0.1) is 6.04 Å². The van der Waals surface area contributed by atoms with Gasteiger partial charge < -0.3 is 15.0 Å². The predicted octanol–water partition coefficient (Wildman–Crippen LogP) is 2.26. The van der Waals surface area contributed by atoms with E-state index in [4.69, 9.17) is 4.74 Å². The fourth-order valence-corrected chi connectivity index (χ4v) is 2.66. The lowest BCUT2D eigenvalue weighted by Gasteiger charge is -2.27. The van der Waals surface area contributed by atoms with Gasteiger partial charge in [0.1, 0.15) is 12.3 Å². The van der Waals surface area contributed by atoms with Crippen molar-refractivity contribution in [1.82, 2.24) is 15.1 Å². The van der Waals surface area contributed by atoms with Gasteiger partial charge in [0, 0.05) is 26.2 Å². The third-order valence-electron chi connectivity index (χ3n) is 4.13. The van der Waals surface area contributed by atoms with Crippen molar-refractivity contribution in [2.45, 2.75) is 25.6 Å². The molecule has 1 aliphatic rings. The summed E-state index contributed by atoms with van der Waals surface area (Å²) in [5, 5.41) is 1.90. The Balaban J connectivity index is 1.85. The van der Waals surface area contributed by atoms with Crippen molar-refractivity contribution in [1.29, 1.82) is 0 Å². The summed E-state index contributed by atoms with van der Waals surface area (Å²) in [4.78, 5) is 27.4. The molecule has 1 aromatic carbocycles. The van der Waals surface area contributed by atoms with Crippen molar-refractivity contribution in [3.63, 3.8) is 0 Å². The Labute approximate surface area is 149 Å². The van der Waals surface area contributed by atoms with Gasteiger partial charge in [-0.3, -0.25) is 9.69 Å². The molecular formula is C17H22F3N3O3. The molecule has 0 aromatic heterocycles. The predicted molar refractivity (Wildman–Crippen MR) is 88.8 cm³/mol. The number of hydrogen-bond acceptors (Lipinski definition) is 4. The summed E-state index contributed by atoms with van der Waals surface area (Å²) in [5.74, 6) is -0.235. The van der Waals surface area contributed by atoms with E-state index in [0.29, 0.717) is 38.3 Å².